The van der Waals surface area contributed by atoms with Crippen LogP contribution < -0.4 is 5.32 Å². The summed E-state index contributed by atoms with van der Waals surface area (Å²) in [6.07, 6.45) is 0. The van der Waals surface area contributed by atoms with E-state index in [1.165, 1.54) is 18.3 Å². The Morgan fingerprint density at radius 1 is 1.23 bits per heavy atom. The van der Waals surface area contributed by atoms with Gasteiger partial charge in [-0.2, -0.15) is 0 Å². The van der Waals surface area contributed by atoms with Gasteiger partial charge in [-0.15, -0.1) is 11.3 Å². The maximum Gasteiger partial charge on any atom is 0.216 e. The van der Waals surface area contributed by atoms with E-state index in [0.717, 1.165) is 16.0 Å². The molecule has 2 aromatic rings. The predicted octanol–water partition coefficient (Wildman–Crippen LogP) is 3.02. The molecular formula is C16H19NO3S2. The lowest BCUT2D eigenvalue weighted by Gasteiger charge is -2.17. The van der Waals surface area contributed by atoms with Crippen LogP contribution in [0.25, 0.3) is 0 Å². The van der Waals surface area contributed by atoms with E-state index in [1.54, 1.807) is 18.2 Å². The van der Waals surface area contributed by atoms with Gasteiger partial charge in [-0.1, -0.05) is 12.1 Å². The van der Waals surface area contributed by atoms with E-state index < -0.39 is 15.1 Å². The minimum atomic E-state index is -3.56. The number of hydrogen-bond donors (Lipinski definition) is 1. The average Bonchev–Trinajstić information content (AvgIpc) is 2.95. The summed E-state index contributed by atoms with van der Waals surface area (Å²) in [5, 5.41) is 3.70. The van der Waals surface area contributed by atoms with E-state index in [4.69, 9.17) is 0 Å². The minimum Gasteiger partial charge on any atom is -0.355 e. The summed E-state index contributed by atoms with van der Waals surface area (Å²) in [7, 11) is -3.56. The van der Waals surface area contributed by atoms with Gasteiger partial charge in [0, 0.05) is 18.3 Å². The Hall–Kier alpha value is -1.66. The number of amides is 1. The molecule has 1 atom stereocenters. The maximum atomic E-state index is 13.0. The maximum absolute atomic E-state index is 13.0. The standard InChI is InChI=1S/C16H19NO3S2/c1-11-6-7-14(9-12(11)2)22(19,20)16(10-17-13(3)18)15-5-4-8-21-15/h4-9,16H,10H2,1-3H3,(H,17,18)/t16-/m1/s1. The quantitative estimate of drug-likeness (QED) is 0.912. The van der Waals surface area contributed by atoms with Crippen LogP contribution >= 0.6 is 11.3 Å². The largest absolute Gasteiger partial charge is 0.355 e. The Bertz CT molecular complexity index is 765. The first-order valence-electron chi connectivity index (χ1n) is 6.91. The molecule has 0 unspecified atom stereocenters. The highest BCUT2D eigenvalue weighted by Crippen LogP contribution is 2.32. The molecule has 1 heterocycles. The Morgan fingerprint density at radius 2 is 1.95 bits per heavy atom. The molecule has 2 rings (SSSR count). The van der Waals surface area contributed by atoms with Crippen LogP contribution in [-0.2, 0) is 14.6 Å². The van der Waals surface area contributed by atoms with E-state index in [0.29, 0.717) is 4.90 Å². The molecule has 118 valence electrons. The van der Waals surface area contributed by atoms with Gasteiger partial charge in [-0.05, 0) is 48.6 Å². The van der Waals surface area contributed by atoms with Crippen molar-refractivity contribution in [2.75, 3.05) is 6.54 Å². The van der Waals surface area contributed by atoms with Crippen molar-refractivity contribution >= 4 is 27.1 Å². The number of carbonyl (C=O) groups is 1. The van der Waals surface area contributed by atoms with Crippen LogP contribution in [0.2, 0.25) is 0 Å². The van der Waals surface area contributed by atoms with Crippen LogP contribution in [0.15, 0.2) is 40.6 Å². The molecule has 22 heavy (non-hydrogen) atoms. The van der Waals surface area contributed by atoms with Crippen molar-refractivity contribution in [2.24, 2.45) is 0 Å². The highest BCUT2D eigenvalue weighted by Gasteiger charge is 2.30. The van der Waals surface area contributed by atoms with E-state index in [-0.39, 0.29) is 12.5 Å². The Labute approximate surface area is 135 Å². The Kier molecular flexibility index (Phi) is 5.03. The molecule has 1 amide bonds. The van der Waals surface area contributed by atoms with E-state index in [2.05, 4.69) is 5.32 Å². The fourth-order valence-electron chi connectivity index (χ4n) is 2.13. The lowest BCUT2D eigenvalue weighted by atomic mass is 10.1. The summed E-state index contributed by atoms with van der Waals surface area (Å²) >= 11 is 1.38. The molecule has 1 N–H and O–H groups in total. The lowest BCUT2D eigenvalue weighted by molar-refractivity contribution is -0.118. The second kappa shape index (κ2) is 6.62. The molecule has 0 aliphatic heterocycles. The van der Waals surface area contributed by atoms with Crippen molar-refractivity contribution in [1.82, 2.24) is 5.32 Å². The number of thiophene rings is 1. The molecule has 0 spiro atoms. The van der Waals surface area contributed by atoms with Gasteiger partial charge >= 0.3 is 0 Å². The number of rotatable bonds is 5. The summed E-state index contributed by atoms with van der Waals surface area (Å²) < 4.78 is 25.9. The number of aryl methyl sites for hydroxylation is 2. The van der Waals surface area contributed by atoms with Gasteiger partial charge in [0.05, 0.1) is 4.90 Å². The van der Waals surface area contributed by atoms with E-state index in [1.807, 2.05) is 31.4 Å². The van der Waals surface area contributed by atoms with Gasteiger partial charge in [0.25, 0.3) is 0 Å². The second-order valence-corrected chi connectivity index (χ2v) is 8.34. The minimum absolute atomic E-state index is 0.0745. The molecule has 0 saturated heterocycles. The third-order valence-electron chi connectivity index (χ3n) is 3.58. The third kappa shape index (κ3) is 3.56. The van der Waals surface area contributed by atoms with Crippen LogP contribution in [0.1, 0.15) is 28.2 Å². The number of nitrogens with one attached hydrogen (secondary N) is 1. The van der Waals surface area contributed by atoms with Crippen LogP contribution in [0.4, 0.5) is 0 Å². The van der Waals surface area contributed by atoms with Gasteiger partial charge in [0.15, 0.2) is 9.84 Å². The fourth-order valence-corrected chi connectivity index (χ4v) is 5.00. The fraction of sp³-hybridized carbons (Fsp3) is 0.312. The SMILES string of the molecule is CC(=O)NC[C@H](c1cccs1)S(=O)(=O)c1ccc(C)c(C)c1. The van der Waals surface area contributed by atoms with Gasteiger partial charge in [0.1, 0.15) is 5.25 Å². The van der Waals surface area contributed by atoms with Gasteiger partial charge in [-0.3, -0.25) is 4.79 Å². The molecule has 0 aliphatic carbocycles. The monoisotopic (exact) mass is 337 g/mol. The van der Waals surface area contributed by atoms with Crippen molar-refractivity contribution in [1.29, 1.82) is 0 Å². The van der Waals surface area contributed by atoms with Crippen LogP contribution in [0.3, 0.4) is 0 Å². The van der Waals surface area contributed by atoms with Crippen molar-refractivity contribution in [3.63, 3.8) is 0 Å². The van der Waals surface area contributed by atoms with Crippen LogP contribution in [-0.4, -0.2) is 20.9 Å². The molecule has 4 nitrogen and oxygen atoms in total. The first kappa shape index (κ1) is 16.7. The zero-order valence-electron chi connectivity index (χ0n) is 12.8. The second-order valence-electron chi connectivity index (χ2n) is 5.23. The summed E-state index contributed by atoms with van der Waals surface area (Å²) in [5.41, 5.74) is 1.99. The third-order valence-corrected chi connectivity index (χ3v) is 6.79. The summed E-state index contributed by atoms with van der Waals surface area (Å²) in [4.78, 5) is 12.2. The van der Waals surface area contributed by atoms with Gasteiger partial charge in [-0.25, -0.2) is 8.42 Å². The predicted molar refractivity (Wildman–Crippen MR) is 88.8 cm³/mol. The number of hydrogen-bond acceptors (Lipinski definition) is 4. The highest BCUT2D eigenvalue weighted by atomic mass is 32.2. The average molecular weight is 337 g/mol. The molecule has 1 aromatic carbocycles. The Balaban J connectivity index is 2.44. The normalized spacial score (nSPS) is 12.9. The van der Waals surface area contributed by atoms with E-state index >= 15 is 0 Å². The zero-order valence-corrected chi connectivity index (χ0v) is 14.4. The topological polar surface area (TPSA) is 63.2 Å². The summed E-state index contributed by atoms with van der Waals surface area (Å²) in [6.45, 7) is 5.29. The lowest BCUT2D eigenvalue weighted by Crippen LogP contribution is -2.29. The van der Waals surface area contributed by atoms with Crippen molar-refractivity contribution in [3.8, 4) is 0 Å². The summed E-state index contributed by atoms with van der Waals surface area (Å²) in [5.74, 6) is -0.239. The van der Waals surface area contributed by atoms with Gasteiger partial charge in [0.2, 0.25) is 5.91 Å². The molecule has 0 radical (unpaired) electrons. The molecule has 1 aromatic heterocycles. The van der Waals surface area contributed by atoms with Crippen LogP contribution in [0, 0.1) is 13.8 Å². The van der Waals surface area contributed by atoms with Gasteiger partial charge < -0.3 is 5.32 Å². The summed E-state index contributed by atoms with van der Waals surface area (Å²) in [6, 6.07) is 8.74. The number of benzene rings is 1. The number of sulfone groups is 1. The van der Waals surface area contributed by atoms with Crippen molar-refractivity contribution in [2.45, 2.75) is 30.9 Å². The first-order chi connectivity index (χ1) is 10.3. The molecule has 6 heteroatoms. The number of carbonyl (C=O) groups excluding carboxylic acids is 1. The first-order valence-corrected chi connectivity index (χ1v) is 9.34. The molecular weight excluding hydrogens is 318 g/mol. The zero-order chi connectivity index (χ0) is 16.3. The molecule has 0 fully saturated rings. The smallest absolute Gasteiger partial charge is 0.216 e. The van der Waals surface area contributed by atoms with Crippen LogP contribution in [0.5, 0.6) is 0 Å². The Morgan fingerprint density at radius 3 is 2.50 bits per heavy atom. The molecule has 0 saturated carbocycles. The highest BCUT2D eigenvalue weighted by molar-refractivity contribution is 7.91. The van der Waals surface area contributed by atoms with Crippen molar-refractivity contribution in [3.05, 3.63) is 51.7 Å². The van der Waals surface area contributed by atoms with E-state index in [9.17, 15) is 13.2 Å². The molecule has 0 bridgehead atoms. The van der Waals surface area contributed by atoms with Crippen molar-refractivity contribution < 1.29 is 13.2 Å². The molecule has 0 aliphatic rings.